The molecule has 0 spiro atoms. The zero-order valence-electron chi connectivity index (χ0n) is 9.40. The summed E-state index contributed by atoms with van der Waals surface area (Å²) in [4.78, 5) is 43.4. The third kappa shape index (κ3) is 6.43. The van der Waals surface area contributed by atoms with Crippen molar-refractivity contribution < 1.29 is 34.5 Å². The Bertz CT molecular complexity index is 339. The summed E-state index contributed by atoms with van der Waals surface area (Å²) in [5, 5.41) is 25.5. The van der Waals surface area contributed by atoms with E-state index >= 15 is 0 Å². The van der Waals surface area contributed by atoms with Crippen LogP contribution in [-0.4, -0.2) is 63.2 Å². The van der Waals surface area contributed by atoms with Crippen LogP contribution in [0.3, 0.4) is 0 Å². The van der Waals surface area contributed by atoms with Crippen LogP contribution in [0.2, 0.25) is 0 Å². The van der Waals surface area contributed by atoms with Gasteiger partial charge in [-0.3, -0.25) is 19.2 Å². The highest BCUT2D eigenvalue weighted by Gasteiger charge is 2.21. The summed E-state index contributed by atoms with van der Waals surface area (Å²) >= 11 is 0. The maximum absolute atomic E-state index is 11.5. The van der Waals surface area contributed by atoms with Crippen molar-refractivity contribution in [1.29, 1.82) is 0 Å². The molecule has 0 fully saturated rings. The molecule has 0 aliphatic heterocycles. The monoisotopic (exact) mass is 262 g/mol. The number of nitrogens with zero attached hydrogens (tertiary/aromatic N) is 1. The molecule has 0 aromatic carbocycles. The fraction of sp³-hybridized carbons (Fsp3) is 0.556. The fourth-order valence-corrected chi connectivity index (χ4v) is 1.12. The number of rotatable bonds is 8. The Hall–Kier alpha value is -2.16. The molecule has 0 bridgehead atoms. The predicted octanol–water partition coefficient (Wildman–Crippen LogP) is -1.82. The summed E-state index contributed by atoms with van der Waals surface area (Å²) in [6, 6.07) is -1.24. The van der Waals surface area contributed by atoms with Crippen LogP contribution >= 0.6 is 0 Å². The lowest BCUT2D eigenvalue weighted by Gasteiger charge is -2.18. The molecule has 9 heteroatoms. The molecular weight excluding hydrogens is 248 g/mol. The van der Waals surface area contributed by atoms with Crippen molar-refractivity contribution >= 4 is 23.8 Å². The number of amides is 1. The summed E-state index contributed by atoms with van der Waals surface area (Å²) < 4.78 is 0. The van der Waals surface area contributed by atoms with Gasteiger partial charge in [-0.15, -0.1) is 0 Å². The Labute approximate surface area is 102 Å². The van der Waals surface area contributed by atoms with Crippen LogP contribution in [0.4, 0.5) is 0 Å². The third-order valence-corrected chi connectivity index (χ3v) is 1.99. The van der Waals surface area contributed by atoms with E-state index in [-0.39, 0.29) is 12.8 Å². The molecule has 18 heavy (non-hydrogen) atoms. The maximum Gasteiger partial charge on any atom is 0.323 e. The quantitative estimate of drug-likeness (QED) is 0.397. The van der Waals surface area contributed by atoms with Crippen molar-refractivity contribution in [3.8, 4) is 0 Å². The first kappa shape index (κ1) is 15.8. The van der Waals surface area contributed by atoms with Gasteiger partial charge in [0.2, 0.25) is 5.91 Å². The molecular formula is C9H14N2O7. The van der Waals surface area contributed by atoms with Gasteiger partial charge in [-0.1, -0.05) is 0 Å². The molecule has 0 rings (SSSR count). The second-order valence-electron chi connectivity index (χ2n) is 3.52. The van der Waals surface area contributed by atoms with Crippen molar-refractivity contribution in [2.75, 3.05) is 13.1 Å². The van der Waals surface area contributed by atoms with Gasteiger partial charge in [0.15, 0.2) is 0 Å². The van der Waals surface area contributed by atoms with Gasteiger partial charge in [0.05, 0.1) is 0 Å². The van der Waals surface area contributed by atoms with Gasteiger partial charge < -0.3 is 26.0 Å². The van der Waals surface area contributed by atoms with Crippen molar-refractivity contribution in [1.82, 2.24) is 4.90 Å². The zero-order chi connectivity index (χ0) is 14.3. The minimum absolute atomic E-state index is 0.191. The third-order valence-electron chi connectivity index (χ3n) is 1.99. The number of nitrogens with two attached hydrogens (primary N) is 1. The number of carboxylic acids is 3. The van der Waals surface area contributed by atoms with E-state index in [9.17, 15) is 19.2 Å². The molecule has 0 aromatic heterocycles. The van der Waals surface area contributed by atoms with Gasteiger partial charge in [-0.05, 0) is 6.42 Å². The summed E-state index contributed by atoms with van der Waals surface area (Å²) in [6.45, 7) is -1.51. The minimum Gasteiger partial charge on any atom is -0.480 e. The van der Waals surface area contributed by atoms with Gasteiger partial charge in [0.1, 0.15) is 19.1 Å². The molecule has 9 nitrogen and oxygen atoms in total. The average molecular weight is 262 g/mol. The number of hydrogen-bond donors (Lipinski definition) is 4. The van der Waals surface area contributed by atoms with Crippen LogP contribution in [0.5, 0.6) is 0 Å². The fourth-order valence-electron chi connectivity index (χ4n) is 1.12. The Morgan fingerprint density at radius 3 is 1.78 bits per heavy atom. The highest BCUT2D eigenvalue weighted by molar-refractivity contribution is 5.85. The molecule has 0 aromatic rings. The molecule has 5 N–H and O–H groups in total. The molecule has 1 atom stereocenters. The molecule has 0 radical (unpaired) electrons. The highest BCUT2D eigenvalue weighted by atomic mass is 16.4. The number of carbonyl (C=O) groups excluding carboxylic acids is 1. The molecule has 0 saturated heterocycles. The zero-order valence-corrected chi connectivity index (χ0v) is 9.40. The van der Waals surface area contributed by atoms with Gasteiger partial charge in [0.25, 0.3) is 0 Å². The van der Waals surface area contributed by atoms with Crippen LogP contribution in [0.15, 0.2) is 0 Å². The maximum atomic E-state index is 11.5. The SMILES string of the molecule is N[C@@H](CCC(=O)N(CC(=O)O)CC(=O)O)C(=O)O. The van der Waals surface area contributed by atoms with E-state index in [4.69, 9.17) is 21.1 Å². The Kier molecular flexibility index (Phi) is 6.35. The van der Waals surface area contributed by atoms with Crippen molar-refractivity contribution in [2.45, 2.75) is 18.9 Å². The normalized spacial score (nSPS) is 11.6. The van der Waals surface area contributed by atoms with E-state index in [1.165, 1.54) is 0 Å². The molecule has 102 valence electrons. The second-order valence-corrected chi connectivity index (χ2v) is 3.52. The molecule has 0 saturated carbocycles. The van der Waals surface area contributed by atoms with Gasteiger partial charge in [-0.2, -0.15) is 0 Å². The number of carbonyl (C=O) groups is 4. The smallest absolute Gasteiger partial charge is 0.323 e. The largest absolute Gasteiger partial charge is 0.480 e. The Morgan fingerprint density at radius 2 is 1.44 bits per heavy atom. The van der Waals surface area contributed by atoms with Crippen LogP contribution in [-0.2, 0) is 19.2 Å². The van der Waals surface area contributed by atoms with Crippen molar-refractivity contribution in [2.24, 2.45) is 5.73 Å². The number of carboxylic acid groups (broad SMARTS) is 3. The minimum atomic E-state index is -1.35. The van der Waals surface area contributed by atoms with Gasteiger partial charge in [0, 0.05) is 6.42 Å². The van der Waals surface area contributed by atoms with Crippen molar-refractivity contribution in [3.05, 3.63) is 0 Å². The second kappa shape index (κ2) is 7.22. The summed E-state index contributed by atoms with van der Waals surface area (Å²) in [5.74, 6) is -4.76. The molecule has 0 unspecified atom stereocenters. The molecule has 0 heterocycles. The van der Waals surface area contributed by atoms with E-state index in [2.05, 4.69) is 0 Å². The van der Waals surface area contributed by atoms with E-state index in [0.717, 1.165) is 0 Å². The molecule has 0 aliphatic carbocycles. The summed E-state index contributed by atoms with van der Waals surface area (Å²) in [5.41, 5.74) is 5.16. The van der Waals surface area contributed by atoms with E-state index in [1.807, 2.05) is 0 Å². The molecule has 0 aliphatic rings. The lowest BCUT2D eigenvalue weighted by Crippen LogP contribution is -2.40. The van der Waals surface area contributed by atoms with Gasteiger partial charge >= 0.3 is 17.9 Å². The number of hydrogen-bond acceptors (Lipinski definition) is 5. The summed E-state index contributed by atoms with van der Waals surface area (Å²) in [6.07, 6.45) is -0.516. The topological polar surface area (TPSA) is 158 Å². The Morgan fingerprint density at radius 1 is 1.00 bits per heavy atom. The summed E-state index contributed by atoms with van der Waals surface area (Å²) in [7, 11) is 0. The first-order valence-corrected chi connectivity index (χ1v) is 4.93. The predicted molar refractivity (Wildman–Crippen MR) is 56.7 cm³/mol. The van der Waals surface area contributed by atoms with Crippen molar-refractivity contribution in [3.63, 3.8) is 0 Å². The first-order chi connectivity index (χ1) is 8.23. The number of aliphatic carboxylic acids is 3. The average Bonchev–Trinajstić information content (AvgIpc) is 2.22. The van der Waals surface area contributed by atoms with Crippen LogP contribution in [0.25, 0.3) is 0 Å². The van der Waals surface area contributed by atoms with Crippen LogP contribution < -0.4 is 5.73 Å². The molecule has 1 amide bonds. The standard InChI is InChI=1S/C9H14N2O7/c10-5(9(17)18)1-2-6(12)11(3-7(13)14)4-8(15)16/h5H,1-4,10H2,(H,13,14)(H,15,16)(H,17,18)/t5-/m0/s1. The highest BCUT2D eigenvalue weighted by Crippen LogP contribution is 2.01. The lowest BCUT2D eigenvalue weighted by atomic mass is 10.1. The van der Waals surface area contributed by atoms with E-state index in [1.54, 1.807) is 0 Å². The van der Waals surface area contributed by atoms with Crippen LogP contribution in [0, 0.1) is 0 Å². The van der Waals surface area contributed by atoms with E-state index < -0.39 is 42.9 Å². The van der Waals surface area contributed by atoms with Gasteiger partial charge in [-0.25, -0.2) is 0 Å². The first-order valence-electron chi connectivity index (χ1n) is 4.93. The van der Waals surface area contributed by atoms with E-state index in [0.29, 0.717) is 4.90 Å². The Balaban J connectivity index is 4.41. The van der Waals surface area contributed by atoms with Crippen LogP contribution in [0.1, 0.15) is 12.8 Å². The lowest BCUT2D eigenvalue weighted by molar-refractivity contribution is -0.149.